The summed E-state index contributed by atoms with van der Waals surface area (Å²) in [6.45, 7) is 2.31. The van der Waals surface area contributed by atoms with Crippen molar-refractivity contribution in [2.45, 2.75) is 82.8 Å². The second kappa shape index (κ2) is 10.2. The van der Waals surface area contributed by atoms with E-state index in [0.717, 1.165) is 12.3 Å². The largest absolute Gasteiger partial charge is 0.207 e. The molecule has 0 spiro atoms. The van der Waals surface area contributed by atoms with Crippen LogP contribution in [-0.2, 0) is 6.42 Å². The van der Waals surface area contributed by atoms with Crippen LogP contribution >= 0.6 is 0 Å². The molecule has 1 fully saturated rings. The smallest absolute Gasteiger partial charge is 0.123 e. The van der Waals surface area contributed by atoms with Gasteiger partial charge in [0.25, 0.3) is 0 Å². The standard InChI is InChI=1S/C20H32FSi/c1-2-3-6-15-22-16-13-19(14-17-22)8-5-4-7-18-9-11-20(21)12-10-18/h9-12,19H,2-8,13-17H2,1H3. The highest BCUT2D eigenvalue weighted by molar-refractivity contribution is 6.58. The van der Waals surface area contributed by atoms with Crippen LogP contribution in [0.25, 0.3) is 0 Å². The second-order valence-corrected chi connectivity index (χ2v) is 10.0. The molecule has 0 nitrogen and oxygen atoms in total. The molecule has 0 saturated carbocycles. The Morgan fingerprint density at radius 2 is 1.73 bits per heavy atom. The van der Waals surface area contributed by atoms with Crippen LogP contribution in [-0.4, -0.2) is 8.80 Å². The molecule has 0 amide bonds. The Morgan fingerprint density at radius 3 is 2.41 bits per heavy atom. The van der Waals surface area contributed by atoms with Crippen molar-refractivity contribution >= 4 is 8.80 Å². The van der Waals surface area contributed by atoms with Gasteiger partial charge in [-0.2, -0.15) is 0 Å². The number of halogens is 1. The van der Waals surface area contributed by atoms with Crippen molar-refractivity contribution in [3.05, 3.63) is 35.6 Å². The van der Waals surface area contributed by atoms with Gasteiger partial charge in [0.05, 0.1) is 0 Å². The van der Waals surface area contributed by atoms with E-state index < -0.39 is 0 Å². The number of benzene rings is 1. The van der Waals surface area contributed by atoms with Gasteiger partial charge in [-0.05, 0) is 36.5 Å². The summed E-state index contributed by atoms with van der Waals surface area (Å²) in [5.41, 5.74) is 1.28. The topological polar surface area (TPSA) is 0 Å². The molecule has 0 aromatic heterocycles. The minimum Gasteiger partial charge on any atom is -0.207 e. The summed E-state index contributed by atoms with van der Waals surface area (Å²) in [5.74, 6) is 0.885. The van der Waals surface area contributed by atoms with Crippen LogP contribution in [0.2, 0.25) is 18.1 Å². The number of aryl methyl sites for hydroxylation is 1. The fraction of sp³-hybridized carbons (Fsp3) is 0.700. The molecule has 1 aliphatic heterocycles. The van der Waals surface area contributed by atoms with Gasteiger partial charge in [-0.25, -0.2) is 4.39 Å². The molecule has 22 heavy (non-hydrogen) atoms. The van der Waals surface area contributed by atoms with Crippen LogP contribution in [0.4, 0.5) is 4.39 Å². The Hall–Kier alpha value is -0.633. The molecule has 2 rings (SSSR count). The van der Waals surface area contributed by atoms with Crippen molar-refractivity contribution in [3.63, 3.8) is 0 Å². The zero-order valence-corrected chi connectivity index (χ0v) is 15.2. The number of unbranched alkanes of at least 4 members (excludes halogenated alkanes) is 3. The molecular formula is C20H32FSi. The summed E-state index contributed by atoms with van der Waals surface area (Å²) in [5, 5.41) is 0. The summed E-state index contributed by atoms with van der Waals surface area (Å²) < 4.78 is 12.8. The molecule has 0 bridgehead atoms. The fourth-order valence-electron chi connectivity index (χ4n) is 3.66. The summed E-state index contributed by atoms with van der Waals surface area (Å²) in [6.07, 6.45) is 12.5. The lowest BCUT2D eigenvalue weighted by Gasteiger charge is -2.27. The van der Waals surface area contributed by atoms with Gasteiger partial charge in [0.1, 0.15) is 5.82 Å². The van der Waals surface area contributed by atoms with Crippen molar-refractivity contribution in [1.29, 1.82) is 0 Å². The lowest BCUT2D eigenvalue weighted by molar-refractivity contribution is 0.417. The van der Waals surface area contributed by atoms with E-state index in [0.29, 0.717) is 0 Å². The van der Waals surface area contributed by atoms with Gasteiger partial charge in [-0.1, -0.05) is 82.1 Å². The molecule has 0 unspecified atom stereocenters. The Bertz CT molecular complexity index is 393. The maximum absolute atomic E-state index is 12.8. The summed E-state index contributed by atoms with van der Waals surface area (Å²) in [6, 6.07) is 11.8. The summed E-state index contributed by atoms with van der Waals surface area (Å²) >= 11 is 0. The van der Waals surface area contributed by atoms with Crippen molar-refractivity contribution in [1.82, 2.24) is 0 Å². The molecular weight excluding hydrogens is 287 g/mol. The van der Waals surface area contributed by atoms with Gasteiger partial charge in [-0.15, -0.1) is 0 Å². The second-order valence-electron chi connectivity index (χ2n) is 7.02. The average Bonchev–Trinajstić information content (AvgIpc) is 2.55. The first-order chi connectivity index (χ1) is 10.8. The first-order valence-corrected chi connectivity index (χ1v) is 11.5. The molecule has 1 saturated heterocycles. The van der Waals surface area contributed by atoms with Gasteiger partial charge < -0.3 is 0 Å². The summed E-state index contributed by atoms with van der Waals surface area (Å²) in [7, 11) is 0.0349. The molecule has 123 valence electrons. The molecule has 1 radical (unpaired) electrons. The Morgan fingerprint density at radius 1 is 1.00 bits per heavy atom. The highest BCUT2D eigenvalue weighted by Gasteiger charge is 2.21. The molecule has 0 N–H and O–H groups in total. The average molecular weight is 320 g/mol. The SMILES string of the molecule is CCCCC[Si]1CCC(CCCCc2ccc(F)cc2)CC1. The quantitative estimate of drug-likeness (QED) is 0.354. The lowest BCUT2D eigenvalue weighted by atomic mass is 9.95. The van der Waals surface area contributed by atoms with Crippen LogP contribution in [0.1, 0.15) is 63.9 Å². The van der Waals surface area contributed by atoms with E-state index in [1.165, 1.54) is 56.9 Å². The molecule has 1 aromatic rings. The van der Waals surface area contributed by atoms with Gasteiger partial charge in [-0.3, -0.25) is 0 Å². The van der Waals surface area contributed by atoms with E-state index in [9.17, 15) is 4.39 Å². The van der Waals surface area contributed by atoms with E-state index in [4.69, 9.17) is 0 Å². The maximum atomic E-state index is 12.8. The van der Waals surface area contributed by atoms with Crippen molar-refractivity contribution in [2.75, 3.05) is 0 Å². The van der Waals surface area contributed by atoms with Crippen LogP contribution in [0.5, 0.6) is 0 Å². The van der Waals surface area contributed by atoms with E-state index in [2.05, 4.69) is 6.92 Å². The highest BCUT2D eigenvalue weighted by atomic mass is 28.3. The van der Waals surface area contributed by atoms with Crippen molar-refractivity contribution < 1.29 is 4.39 Å². The molecule has 2 heteroatoms. The number of hydrogen-bond donors (Lipinski definition) is 0. The molecule has 1 heterocycles. The zero-order chi connectivity index (χ0) is 15.6. The van der Waals surface area contributed by atoms with E-state index in [-0.39, 0.29) is 14.6 Å². The Kier molecular flexibility index (Phi) is 8.21. The molecule has 0 atom stereocenters. The van der Waals surface area contributed by atoms with Gasteiger partial charge in [0.15, 0.2) is 0 Å². The van der Waals surface area contributed by atoms with Crippen LogP contribution < -0.4 is 0 Å². The van der Waals surface area contributed by atoms with Gasteiger partial charge >= 0.3 is 0 Å². The maximum Gasteiger partial charge on any atom is 0.123 e. The van der Waals surface area contributed by atoms with Crippen LogP contribution in [0.3, 0.4) is 0 Å². The summed E-state index contributed by atoms with van der Waals surface area (Å²) in [4.78, 5) is 0. The van der Waals surface area contributed by atoms with E-state index in [1.54, 1.807) is 30.3 Å². The van der Waals surface area contributed by atoms with Gasteiger partial charge in [0.2, 0.25) is 0 Å². The van der Waals surface area contributed by atoms with Crippen LogP contribution in [0.15, 0.2) is 24.3 Å². The zero-order valence-electron chi connectivity index (χ0n) is 14.2. The normalized spacial score (nSPS) is 17.0. The predicted molar refractivity (Wildman–Crippen MR) is 96.4 cm³/mol. The molecule has 0 aliphatic carbocycles. The Balaban J connectivity index is 1.52. The van der Waals surface area contributed by atoms with Crippen molar-refractivity contribution in [2.24, 2.45) is 5.92 Å². The fourth-order valence-corrected chi connectivity index (χ4v) is 6.80. The number of rotatable bonds is 9. The third-order valence-corrected chi connectivity index (χ3v) is 8.24. The molecule has 1 aromatic carbocycles. The minimum atomic E-state index is -0.123. The van der Waals surface area contributed by atoms with E-state index in [1.807, 2.05) is 12.1 Å². The first-order valence-electron chi connectivity index (χ1n) is 9.36. The third-order valence-electron chi connectivity index (χ3n) is 5.19. The monoisotopic (exact) mass is 319 g/mol. The number of hydrogen-bond acceptors (Lipinski definition) is 0. The third kappa shape index (κ3) is 6.64. The van der Waals surface area contributed by atoms with Crippen LogP contribution in [0, 0.1) is 11.7 Å². The lowest BCUT2D eigenvalue weighted by Crippen LogP contribution is -2.21. The van der Waals surface area contributed by atoms with Crippen molar-refractivity contribution in [3.8, 4) is 0 Å². The van der Waals surface area contributed by atoms with Gasteiger partial charge in [0, 0.05) is 8.80 Å². The predicted octanol–water partition coefficient (Wildman–Crippen LogP) is 6.63. The Labute approximate surface area is 138 Å². The highest BCUT2D eigenvalue weighted by Crippen LogP contribution is 2.31. The minimum absolute atomic E-state index is 0.0349. The first kappa shape index (κ1) is 17.7. The molecule has 1 aliphatic rings. The van der Waals surface area contributed by atoms with E-state index >= 15 is 0 Å².